The first-order chi connectivity index (χ1) is 13.2. The third-order valence-electron chi connectivity index (χ3n) is 3.90. The molecule has 10 heteroatoms. The summed E-state index contributed by atoms with van der Waals surface area (Å²) in [4.78, 5) is 45.5. The van der Waals surface area contributed by atoms with Crippen LogP contribution in [0.25, 0.3) is 0 Å². The van der Waals surface area contributed by atoms with Gasteiger partial charge in [0.1, 0.15) is 6.04 Å². The highest BCUT2D eigenvalue weighted by Crippen LogP contribution is 2.11. The van der Waals surface area contributed by atoms with Crippen LogP contribution in [0, 0.1) is 0 Å². The Morgan fingerprint density at radius 2 is 1.68 bits per heavy atom. The lowest BCUT2D eigenvalue weighted by Crippen LogP contribution is -2.42. The number of carboxylic acids is 2. The van der Waals surface area contributed by atoms with E-state index in [2.05, 4.69) is 10.6 Å². The molecule has 0 aromatic heterocycles. The summed E-state index contributed by atoms with van der Waals surface area (Å²) in [6.45, 7) is 0.549. The van der Waals surface area contributed by atoms with Gasteiger partial charge in [-0.2, -0.15) is 0 Å². The molecule has 0 aliphatic heterocycles. The standard InChI is InChI=1S/C18H26N4O6/c19-8-2-1-3-13(20)17(26)21-12-6-4-11(5-7-12)9-15(23)22-14(18(27)28)10-16(24)25/h4-7,13-14H,1-3,8-10,19-20H2,(H,21,26)(H,22,23)(H,24,25)(H,27,28)/t13?,14-/m0/s1. The van der Waals surface area contributed by atoms with Gasteiger partial charge in [0.25, 0.3) is 0 Å². The summed E-state index contributed by atoms with van der Waals surface area (Å²) < 4.78 is 0. The zero-order valence-corrected chi connectivity index (χ0v) is 15.4. The lowest BCUT2D eigenvalue weighted by atomic mass is 10.1. The molecule has 1 aromatic carbocycles. The molecule has 0 bridgehead atoms. The zero-order valence-electron chi connectivity index (χ0n) is 15.4. The highest BCUT2D eigenvalue weighted by atomic mass is 16.4. The minimum Gasteiger partial charge on any atom is -0.481 e. The van der Waals surface area contributed by atoms with Crippen LogP contribution in [0.15, 0.2) is 24.3 Å². The van der Waals surface area contributed by atoms with Crippen molar-refractivity contribution in [3.05, 3.63) is 29.8 Å². The minimum atomic E-state index is -1.50. The minimum absolute atomic E-state index is 0.129. The summed E-state index contributed by atoms with van der Waals surface area (Å²) >= 11 is 0. The molecular weight excluding hydrogens is 368 g/mol. The molecule has 0 aliphatic rings. The van der Waals surface area contributed by atoms with E-state index in [0.29, 0.717) is 24.2 Å². The van der Waals surface area contributed by atoms with Crippen LogP contribution in [0.5, 0.6) is 0 Å². The Hall–Kier alpha value is -2.98. The van der Waals surface area contributed by atoms with Crippen LogP contribution in [-0.2, 0) is 25.6 Å². The first-order valence-corrected chi connectivity index (χ1v) is 8.82. The van der Waals surface area contributed by atoms with E-state index in [1.165, 1.54) is 0 Å². The van der Waals surface area contributed by atoms with Gasteiger partial charge in [0, 0.05) is 5.69 Å². The molecule has 8 N–H and O–H groups in total. The molecule has 0 fully saturated rings. The molecule has 154 valence electrons. The van der Waals surface area contributed by atoms with E-state index in [0.717, 1.165) is 12.8 Å². The number of aliphatic carboxylic acids is 2. The van der Waals surface area contributed by atoms with Gasteiger partial charge in [-0.25, -0.2) is 4.79 Å². The van der Waals surface area contributed by atoms with E-state index in [-0.39, 0.29) is 12.3 Å². The number of carbonyl (C=O) groups is 4. The van der Waals surface area contributed by atoms with Gasteiger partial charge in [-0.3, -0.25) is 14.4 Å². The van der Waals surface area contributed by atoms with Crippen LogP contribution in [0.2, 0.25) is 0 Å². The van der Waals surface area contributed by atoms with Gasteiger partial charge in [0.2, 0.25) is 11.8 Å². The fourth-order valence-corrected chi connectivity index (χ4v) is 2.39. The number of hydrogen-bond acceptors (Lipinski definition) is 6. The lowest BCUT2D eigenvalue weighted by molar-refractivity contribution is -0.147. The molecular formula is C18H26N4O6. The van der Waals surface area contributed by atoms with Crippen LogP contribution < -0.4 is 22.1 Å². The first-order valence-electron chi connectivity index (χ1n) is 8.82. The maximum absolute atomic E-state index is 12.0. The Labute approximate surface area is 162 Å². The fraction of sp³-hybridized carbons (Fsp3) is 0.444. The van der Waals surface area contributed by atoms with E-state index in [1.807, 2.05) is 0 Å². The van der Waals surface area contributed by atoms with Gasteiger partial charge >= 0.3 is 11.9 Å². The summed E-state index contributed by atoms with van der Waals surface area (Å²) in [7, 11) is 0. The van der Waals surface area contributed by atoms with E-state index in [9.17, 15) is 19.2 Å². The number of nitrogens with two attached hydrogens (primary N) is 2. The zero-order chi connectivity index (χ0) is 21.1. The van der Waals surface area contributed by atoms with Crippen molar-refractivity contribution in [2.24, 2.45) is 11.5 Å². The summed E-state index contributed by atoms with van der Waals surface area (Å²) in [5.74, 6) is -3.68. The molecule has 28 heavy (non-hydrogen) atoms. The number of benzene rings is 1. The monoisotopic (exact) mass is 394 g/mol. The molecule has 0 radical (unpaired) electrons. The molecule has 0 heterocycles. The Morgan fingerprint density at radius 1 is 1.04 bits per heavy atom. The topological polar surface area (TPSA) is 185 Å². The van der Waals surface area contributed by atoms with Crippen molar-refractivity contribution < 1.29 is 29.4 Å². The van der Waals surface area contributed by atoms with Crippen LogP contribution in [-0.4, -0.2) is 52.6 Å². The molecule has 2 atom stereocenters. The van der Waals surface area contributed by atoms with E-state index in [4.69, 9.17) is 21.7 Å². The maximum atomic E-state index is 12.0. The average molecular weight is 394 g/mol. The van der Waals surface area contributed by atoms with Gasteiger partial charge in [0.05, 0.1) is 18.9 Å². The molecule has 0 saturated heterocycles. The molecule has 0 saturated carbocycles. The molecule has 1 unspecified atom stereocenters. The summed E-state index contributed by atoms with van der Waals surface area (Å²) in [6.07, 6.45) is 1.25. The molecule has 0 spiro atoms. The highest BCUT2D eigenvalue weighted by molar-refractivity contribution is 5.94. The Bertz CT molecular complexity index is 692. The number of carbonyl (C=O) groups excluding carboxylic acids is 2. The quantitative estimate of drug-likeness (QED) is 0.260. The van der Waals surface area contributed by atoms with Gasteiger partial charge < -0.3 is 32.3 Å². The van der Waals surface area contributed by atoms with E-state index >= 15 is 0 Å². The molecule has 1 rings (SSSR count). The smallest absolute Gasteiger partial charge is 0.326 e. The lowest BCUT2D eigenvalue weighted by Gasteiger charge is -2.13. The second kappa shape index (κ2) is 11.7. The second-order valence-electron chi connectivity index (χ2n) is 6.31. The number of rotatable bonds is 12. The van der Waals surface area contributed by atoms with Crippen LogP contribution in [0.1, 0.15) is 31.2 Å². The van der Waals surface area contributed by atoms with Crippen molar-refractivity contribution in [1.82, 2.24) is 5.32 Å². The summed E-state index contributed by atoms with van der Waals surface area (Å²) in [6, 6.07) is 4.26. The summed E-state index contributed by atoms with van der Waals surface area (Å²) in [5, 5.41) is 22.5. The van der Waals surface area contributed by atoms with Crippen molar-refractivity contribution >= 4 is 29.4 Å². The van der Waals surface area contributed by atoms with Crippen molar-refractivity contribution in [2.75, 3.05) is 11.9 Å². The van der Waals surface area contributed by atoms with Gasteiger partial charge in [0.15, 0.2) is 0 Å². The highest BCUT2D eigenvalue weighted by Gasteiger charge is 2.23. The molecule has 0 aliphatic carbocycles. The predicted molar refractivity (Wildman–Crippen MR) is 101 cm³/mol. The normalized spacial score (nSPS) is 12.6. The van der Waals surface area contributed by atoms with Crippen molar-refractivity contribution in [1.29, 1.82) is 0 Å². The number of unbranched alkanes of at least 4 members (excludes halogenated alkanes) is 1. The van der Waals surface area contributed by atoms with E-state index < -0.39 is 36.4 Å². The molecule has 10 nitrogen and oxygen atoms in total. The third kappa shape index (κ3) is 8.60. The first kappa shape index (κ1) is 23.1. The molecule has 1 aromatic rings. The number of anilines is 1. The van der Waals surface area contributed by atoms with E-state index in [1.54, 1.807) is 24.3 Å². The van der Waals surface area contributed by atoms with Gasteiger partial charge in [-0.15, -0.1) is 0 Å². The van der Waals surface area contributed by atoms with Crippen molar-refractivity contribution in [2.45, 2.75) is 44.2 Å². The van der Waals surface area contributed by atoms with Gasteiger partial charge in [-0.05, 0) is 37.1 Å². The number of nitrogens with one attached hydrogen (secondary N) is 2. The second-order valence-corrected chi connectivity index (χ2v) is 6.31. The van der Waals surface area contributed by atoms with Crippen LogP contribution in [0.3, 0.4) is 0 Å². The fourth-order valence-electron chi connectivity index (χ4n) is 2.39. The maximum Gasteiger partial charge on any atom is 0.326 e. The number of carboxylic acid groups (broad SMARTS) is 2. The van der Waals surface area contributed by atoms with Crippen molar-refractivity contribution in [3.63, 3.8) is 0 Å². The SMILES string of the molecule is NCCCCC(N)C(=O)Nc1ccc(CC(=O)N[C@@H](CC(=O)O)C(=O)O)cc1. The predicted octanol–water partition coefficient (Wildman–Crippen LogP) is -0.332. The molecule has 2 amide bonds. The van der Waals surface area contributed by atoms with Crippen molar-refractivity contribution in [3.8, 4) is 0 Å². The van der Waals surface area contributed by atoms with Gasteiger partial charge in [-0.1, -0.05) is 18.6 Å². The van der Waals surface area contributed by atoms with Crippen LogP contribution >= 0.6 is 0 Å². The number of hydrogen-bond donors (Lipinski definition) is 6. The van der Waals surface area contributed by atoms with Crippen LogP contribution in [0.4, 0.5) is 5.69 Å². The Balaban J connectivity index is 2.55. The number of amides is 2. The largest absolute Gasteiger partial charge is 0.481 e. The summed E-state index contributed by atoms with van der Waals surface area (Å²) in [5.41, 5.74) is 12.3. The Morgan fingerprint density at radius 3 is 2.21 bits per heavy atom. The average Bonchev–Trinajstić information content (AvgIpc) is 2.62. The Kier molecular flexibility index (Phi) is 9.61. The third-order valence-corrected chi connectivity index (χ3v) is 3.90.